The first-order valence-corrected chi connectivity index (χ1v) is 8.34. The molecule has 1 heterocycles. The van der Waals surface area contributed by atoms with Crippen LogP contribution in [0.4, 0.5) is 5.69 Å². The number of hydrogen-bond donors (Lipinski definition) is 1. The Bertz CT molecular complexity index is 825. The van der Waals surface area contributed by atoms with Crippen LogP contribution < -0.4 is 0 Å². The first-order valence-electron chi connectivity index (χ1n) is 6.67. The molecule has 0 atom stereocenters. The highest BCUT2D eigenvalue weighted by Gasteiger charge is 2.02. The van der Waals surface area contributed by atoms with Crippen LogP contribution in [0.1, 0.15) is 10.6 Å². The van der Waals surface area contributed by atoms with E-state index in [1.54, 1.807) is 29.7 Å². The summed E-state index contributed by atoms with van der Waals surface area (Å²) in [4.78, 5) is 8.86. The summed E-state index contributed by atoms with van der Waals surface area (Å²) in [6.07, 6.45) is 1.65. The number of aromatic hydroxyl groups is 1. The monoisotopic (exact) mass is 372 g/mol. The number of halogens is 1. The van der Waals surface area contributed by atoms with Gasteiger partial charge in [0.25, 0.3) is 0 Å². The zero-order valence-electron chi connectivity index (χ0n) is 11.8. The molecular formula is C17H13BrN2OS. The molecule has 0 radical (unpaired) electrons. The minimum absolute atomic E-state index is 0.210. The average Bonchev–Trinajstić information content (AvgIpc) is 2.95. The number of phenolic OH excluding ortho intramolecular Hbond substituents is 1. The molecule has 3 rings (SSSR count). The van der Waals surface area contributed by atoms with Crippen LogP contribution in [0.15, 0.2) is 57.3 Å². The number of nitrogens with zero attached hydrogens (tertiary/aromatic N) is 2. The third-order valence-electron chi connectivity index (χ3n) is 3.12. The van der Waals surface area contributed by atoms with Gasteiger partial charge >= 0.3 is 0 Å². The zero-order valence-corrected chi connectivity index (χ0v) is 14.2. The van der Waals surface area contributed by atoms with Crippen molar-refractivity contribution in [2.45, 2.75) is 6.92 Å². The summed E-state index contributed by atoms with van der Waals surface area (Å²) in [6, 6.07) is 13.1. The normalized spacial score (nSPS) is 11.2. The second kappa shape index (κ2) is 6.42. The molecule has 0 bridgehead atoms. The van der Waals surface area contributed by atoms with Crippen LogP contribution in [-0.2, 0) is 0 Å². The van der Waals surface area contributed by atoms with Crippen molar-refractivity contribution >= 4 is 39.2 Å². The Hall–Kier alpha value is -1.98. The lowest BCUT2D eigenvalue weighted by molar-refractivity contribution is 0.474. The van der Waals surface area contributed by atoms with Gasteiger partial charge in [-0.3, -0.25) is 4.99 Å². The van der Waals surface area contributed by atoms with Gasteiger partial charge in [0.05, 0.1) is 16.4 Å². The molecule has 2 aromatic carbocycles. The van der Waals surface area contributed by atoms with Crippen molar-refractivity contribution in [3.63, 3.8) is 0 Å². The van der Waals surface area contributed by atoms with Gasteiger partial charge in [-0.2, -0.15) is 0 Å². The molecule has 0 spiro atoms. The van der Waals surface area contributed by atoms with E-state index in [2.05, 4.69) is 25.9 Å². The van der Waals surface area contributed by atoms with Crippen molar-refractivity contribution in [2.24, 2.45) is 4.99 Å². The van der Waals surface area contributed by atoms with E-state index >= 15 is 0 Å². The number of hydrogen-bond acceptors (Lipinski definition) is 4. The molecule has 0 saturated heterocycles. The summed E-state index contributed by atoms with van der Waals surface area (Å²) in [5.41, 5.74) is 3.57. The molecule has 5 heteroatoms. The maximum Gasteiger partial charge on any atom is 0.124 e. The molecule has 110 valence electrons. The third kappa shape index (κ3) is 3.43. The van der Waals surface area contributed by atoms with Crippen LogP contribution >= 0.6 is 27.3 Å². The fourth-order valence-electron chi connectivity index (χ4n) is 1.99. The zero-order chi connectivity index (χ0) is 15.5. The number of aryl methyl sites for hydroxylation is 1. The predicted octanol–water partition coefficient (Wildman–Crippen LogP) is 5.34. The minimum atomic E-state index is 0.210. The Morgan fingerprint density at radius 3 is 2.64 bits per heavy atom. The summed E-state index contributed by atoms with van der Waals surface area (Å²) in [5, 5.41) is 12.9. The molecule has 3 nitrogen and oxygen atoms in total. The van der Waals surface area contributed by atoms with Gasteiger partial charge in [-0.05, 0) is 37.3 Å². The first kappa shape index (κ1) is 14.9. The highest BCUT2D eigenvalue weighted by molar-refractivity contribution is 9.10. The summed E-state index contributed by atoms with van der Waals surface area (Å²) in [5.74, 6) is 0.210. The predicted molar refractivity (Wildman–Crippen MR) is 95.3 cm³/mol. The smallest absolute Gasteiger partial charge is 0.124 e. The second-order valence-corrected chi connectivity index (χ2v) is 6.74. The van der Waals surface area contributed by atoms with Gasteiger partial charge in [0.15, 0.2) is 0 Å². The van der Waals surface area contributed by atoms with Gasteiger partial charge in [-0.25, -0.2) is 4.98 Å². The third-order valence-corrected chi connectivity index (χ3v) is 4.39. The Kier molecular flexibility index (Phi) is 4.36. The number of aromatic nitrogens is 1. The SMILES string of the molecule is Cc1nc(-c2ccc(N=Cc3cc(Br)ccc3O)cc2)cs1. The number of aliphatic imine (C=N–C) groups is 1. The fraction of sp³-hybridized carbons (Fsp3) is 0.0588. The Morgan fingerprint density at radius 1 is 1.18 bits per heavy atom. The second-order valence-electron chi connectivity index (χ2n) is 4.76. The van der Waals surface area contributed by atoms with E-state index in [1.165, 1.54) is 0 Å². The summed E-state index contributed by atoms with van der Waals surface area (Å²) < 4.78 is 0.904. The molecule has 22 heavy (non-hydrogen) atoms. The van der Waals surface area contributed by atoms with Crippen LogP contribution in [0.25, 0.3) is 11.3 Å². The lowest BCUT2D eigenvalue weighted by Crippen LogP contribution is -1.82. The summed E-state index contributed by atoms with van der Waals surface area (Å²) >= 11 is 5.02. The van der Waals surface area contributed by atoms with E-state index in [4.69, 9.17) is 0 Å². The number of thiazole rings is 1. The topological polar surface area (TPSA) is 45.5 Å². The molecule has 0 saturated carbocycles. The maximum atomic E-state index is 9.79. The van der Waals surface area contributed by atoms with Crippen LogP contribution in [0.3, 0.4) is 0 Å². The maximum absolute atomic E-state index is 9.79. The van der Waals surface area contributed by atoms with Crippen LogP contribution in [0, 0.1) is 6.92 Å². The lowest BCUT2D eigenvalue weighted by atomic mass is 10.1. The Balaban J connectivity index is 1.81. The molecular weight excluding hydrogens is 360 g/mol. The minimum Gasteiger partial charge on any atom is -0.507 e. The highest BCUT2D eigenvalue weighted by Crippen LogP contribution is 2.25. The number of rotatable bonds is 3. The quantitative estimate of drug-likeness (QED) is 0.630. The molecule has 0 fully saturated rings. The van der Waals surface area contributed by atoms with Crippen molar-refractivity contribution < 1.29 is 5.11 Å². The highest BCUT2D eigenvalue weighted by atomic mass is 79.9. The average molecular weight is 373 g/mol. The largest absolute Gasteiger partial charge is 0.507 e. The van der Waals surface area contributed by atoms with Gasteiger partial charge in [-0.15, -0.1) is 11.3 Å². The van der Waals surface area contributed by atoms with Gasteiger partial charge in [-0.1, -0.05) is 28.1 Å². The molecule has 0 aliphatic rings. The molecule has 0 aliphatic heterocycles. The Labute approximate surface area is 141 Å². The van der Waals surface area contributed by atoms with Crippen molar-refractivity contribution in [2.75, 3.05) is 0 Å². The number of benzene rings is 2. The van der Waals surface area contributed by atoms with Crippen molar-refractivity contribution in [3.05, 3.63) is 62.9 Å². The van der Waals surface area contributed by atoms with Crippen molar-refractivity contribution in [1.29, 1.82) is 0 Å². The molecule has 0 amide bonds. The van der Waals surface area contributed by atoms with E-state index in [1.807, 2.05) is 42.6 Å². The molecule has 0 aliphatic carbocycles. The molecule has 1 aromatic heterocycles. The van der Waals surface area contributed by atoms with Gasteiger partial charge < -0.3 is 5.11 Å². The lowest BCUT2D eigenvalue weighted by Gasteiger charge is -2.00. The molecule has 0 unspecified atom stereocenters. The van der Waals surface area contributed by atoms with E-state index in [9.17, 15) is 5.11 Å². The first-order chi connectivity index (χ1) is 10.6. The van der Waals surface area contributed by atoms with Gasteiger partial charge in [0.2, 0.25) is 0 Å². The van der Waals surface area contributed by atoms with Crippen molar-refractivity contribution in [1.82, 2.24) is 4.98 Å². The number of phenols is 1. The molecule has 1 N–H and O–H groups in total. The summed E-state index contributed by atoms with van der Waals surface area (Å²) in [7, 11) is 0. The van der Waals surface area contributed by atoms with Crippen LogP contribution in [-0.4, -0.2) is 16.3 Å². The standard InChI is InChI=1S/C17H13BrN2OS/c1-11-20-16(10-22-11)12-2-5-15(6-3-12)19-9-13-8-14(18)4-7-17(13)21/h2-10,21H,1H3. The molecule has 3 aromatic rings. The van der Waals surface area contributed by atoms with Gasteiger partial charge in [0, 0.05) is 27.2 Å². The van der Waals surface area contributed by atoms with Crippen LogP contribution in [0.2, 0.25) is 0 Å². The van der Waals surface area contributed by atoms with E-state index in [0.717, 1.165) is 26.4 Å². The van der Waals surface area contributed by atoms with Crippen molar-refractivity contribution in [3.8, 4) is 17.0 Å². The van der Waals surface area contributed by atoms with E-state index in [-0.39, 0.29) is 5.75 Å². The van der Waals surface area contributed by atoms with Crippen LogP contribution in [0.5, 0.6) is 5.75 Å². The fourth-order valence-corrected chi connectivity index (χ4v) is 2.99. The summed E-state index contributed by atoms with van der Waals surface area (Å²) in [6.45, 7) is 2.00. The van der Waals surface area contributed by atoms with E-state index in [0.29, 0.717) is 5.56 Å². The van der Waals surface area contributed by atoms with E-state index < -0.39 is 0 Å². The van der Waals surface area contributed by atoms with Gasteiger partial charge in [0.1, 0.15) is 5.75 Å². The Morgan fingerprint density at radius 2 is 1.95 bits per heavy atom.